The second-order valence-electron chi connectivity index (χ2n) is 6.32. The highest BCUT2D eigenvalue weighted by molar-refractivity contribution is 5.78. The summed E-state index contributed by atoms with van der Waals surface area (Å²) in [4.78, 5) is 23.1. The number of hydrogen-bond donors (Lipinski definition) is 2. The predicted molar refractivity (Wildman–Crippen MR) is 71.9 cm³/mol. The first-order valence-electron chi connectivity index (χ1n) is 6.80. The zero-order valence-corrected chi connectivity index (χ0v) is 12.1. The molecule has 0 bridgehead atoms. The van der Waals surface area contributed by atoms with Crippen LogP contribution < -0.4 is 5.32 Å². The molecule has 0 heterocycles. The van der Waals surface area contributed by atoms with Crippen molar-refractivity contribution >= 4 is 11.9 Å². The Morgan fingerprint density at radius 1 is 1.26 bits per heavy atom. The topological polar surface area (TPSA) is 75.6 Å². The lowest BCUT2D eigenvalue weighted by Crippen LogP contribution is -2.48. The summed E-state index contributed by atoms with van der Waals surface area (Å²) in [5.41, 5.74) is -0.770. The average Bonchev–Trinajstić information content (AvgIpc) is 2.62. The van der Waals surface area contributed by atoms with Gasteiger partial charge in [0, 0.05) is 13.5 Å². The average molecular weight is 271 g/mol. The van der Waals surface area contributed by atoms with Gasteiger partial charge in [0.1, 0.15) is 0 Å². The van der Waals surface area contributed by atoms with E-state index in [1.54, 1.807) is 7.11 Å². The number of carbonyl (C=O) groups is 2. The normalized spacial score (nSPS) is 18.3. The number of ether oxygens (including phenoxy) is 1. The summed E-state index contributed by atoms with van der Waals surface area (Å²) < 4.78 is 5.06. The molecular weight excluding hydrogens is 246 g/mol. The Bertz CT molecular complexity index is 332. The van der Waals surface area contributed by atoms with E-state index < -0.39 is 11.5 Å². The van der Waals surface area contributed by atoms with Gasteiger partial charge in [0.05, 0.1) is 18.6 Å². The lowest BCUT2D eigenvalue weighted by molar-refractivity contribution is -0.140. The predicted octanol–water partition coefficient (Wildman–Crippen LogP) is 1.95. The third kappa shape index (κ3) is 5.19. The van der Waals surface area contributed by atoms with Crippen LogP contribution in [0.15, 0.2) is 0 Å². The number of carboxylic acids is 1. The van der Waals surface area contributed by atoms with Crippen LogP contribution in [0.25, 0.3) is 0 Å². The van der Waals surface area contributed by atoms with Crippen molar-refractivity contribution in [1.82, 2.24) is 5.32 Å². The fourth-order valence-corrected chi connectivity index (χ4v) is 3.02. The van der Waals surface area contributed by atoms with E-state index in [0.717, 1.165) is 25.7 Å². The molecule has 0 aromatic rings. The zero-order valence-electron chi connectivity index (χ0n) is 12.1. The van der Waals surface area contributed by atoms with E-state index in [9.17, 15) is 9.59 Å². The standard InChI is InChI=1S/C14H25NO4/c1-13(2,10-19-3)15-11(16)8-14(9-12(17)18)6-4-5-7-14/h4-10H2,1-3H3,(H,15,16)(H,17,18). The molecule has 0 aromatic heterocycles. The third-order valence-electron chi connectivity index (χ3n) is 3.71. The number of rotatable bonds is 7. The summed E-state index contributed by atoms with van der Waals surface area (Å²) >= 11 is 0. The minimum atomic E-state index is -0.814. The van der Waals surface area contributed by atoms with E-state index in [1.807, 2.05) is 13.8 Å². The van der Waals surface area contributed by atoms with Crippen LogP contribution in [0.4, 0.5) is 0 Å². The van der Waals surface area contributed by atoms with Gasteiger partial charge in [-0.25, -0.2) is 0 Å². The molecule has 1 amide bonds. The fraction of sp³-hybridized carbons (Fsp3) is 0.857. The maximum atomic E-state index is 12.1. The first-order valence-corrected chi connectivity index (χ1v) is 6.80. The van der Waals surface area contributed by atoms with Crippen molar-refractivity contribution in [1.29, 1.82) is 0 Å². The van der Waals surface area contributed by atoms with Crippen molar-refractivity contribution < 1.29 is 19.4 Å². The van der Waals surface area contributed by atoms with Gasteiger partial charge in [-0.1, -0.05) is 12.8 Å². The second kappa shape index (κ2) is 6.37. The van der Waals surface area contributed by atoms with Gasteiger partial charge < -0.3 is 15.2 Å². The van der Waals surface area contributed by atoms with Crippen LogP contribution in [-0.2, 0) is 14.3 Å². The summed E-state index contributed by atoms with van der Waals surface area (Å²) in [5, 5.41) is 11.9. The molecule has 0 aliphatic heterocycles. The Hall–Kier alpha value is -1.10. The maximum absolute atomic E-state index is 12.1. The minimum Gasteiger partial charge on any atom is -0.481 e. The van der Waals surface area contributed by atoms with Gasteiger partial charge in [0.2, 0.25) is 5.91 Å². The maximum Gasteiger partial charge on any atom is 0.303 e. The van der Waals surface area contributed by atoms with E-state index in [0.29, 0.717) is 13.0 Å². The number of carbonyl (C=O) groups excluding carboxylic acids is 1. The highest BCUT2D eigenvalue weighted by Gasteiger charge is 2.38. The quantitative estimate of drug-likeness (QED) is 0.742. The zero-order chi connectivity index (χ0) is 14.5. The summed E-state index contributed by atoms with van der Waals surface area (Å²) in [6, 6.07) is 0. The van der Waals surface area contributed by atoms with Gasteiger partial charge >= 0.3 is 5.97 Å². The number of methoxy groups -OCH3 is 1. The lowest BCUT2D eigenvalue weighted by atomic mass is 9.79. The number of carboxylic acid groups (broad SMARTS) is 1. The first kappa shape index (κ1) is 16.0. The van der Waals surface area contributed by atoms with Crippen LogP contribution >= 0.6 is 0 Å². The molecule has 0 saturated heterocycles. The number of nitrogens with one attached hydrogen (secondary N) is 1. The molecule has 19 heavy (non-hydrogen) atoms. The van der Waals surface area contributed by atoms with Gasteiger partial charge in [-0.05, 0) is 32.1 Å². The molecule has 1 aliphatic rings. The molecule has 0 atom stereocenters. The van der Waals surface area contributed by atoms with Gasteiger partial charge in [0.15, 0.2) is 0 Å². The van der Waals surface area contributed by atoms with Crippen molar-refractivity contribution in [3.05, 3.63) is 0 Å². The van der Waals surface area contributed by atoms with Crippen molar-refractivity contribution in [2.24, 2.45) is 5.41 Å². The summed E-state index contributed by atoms with van der Waals surface area (Å²) in [7, 11) is 1.59. The Morgan fingerprint density at radius 3 is 2.32 bits per heavy atom. The SMILES string of the molecule is COCC(C)(C)NC(=O)CC1(CC(=O)O)CCCC1. The van der Waals surface area contributed by atoms with Gasteiger partial charge in [-0.3, -0.25) is 9.59 Å². The van der Waals surface area contributed by atoms with E-state index in [4.69, 9.17) is 9.84 Å². The van der Waals surface area contributed by atoms with E-state index in [-0.39, 0.29) is 17.7 Å². The summed E-state index contributed by atoms with van der Waals surface area (Å²) in [6.45, 7) is 4.23. The monoisotopic (exact) mass is 271 g/mol. The van der Waals surface area contributed by atoms with Crippen molar-refractivity contribution in [2.45, 2.75) is 57.9 Å². The number of aliphatic carboxylic acids is 1. The van der Waals surface area contributed by atoms with Crippen molar-refractivity contribution in [3.8, 4) is 0 Å². The van der Waals surface area contributed by atoms with E-state index in [2.05, 4.69) is 5.32 Å². The molecule has 1 rings (SSSR count). The van der Waals surface area contributed by atoms with Crippen LogP contribution in [0.2, 0.25) is 0 Å². The van der Waals surface area contributed by atoms with Crippen LogP contribution in [0.3, 0.4) is 0 Å². The summed E-state index contributed by atoms with van der Waals surface area (Å²) in [5.74, 6) is -0.893. The number of amides is 1. The van der Waals surface area contributed by atoms with Crippen LogP contribution in [0, 0.1) is 5.41 Å². The smallest absolute Gasteiger partial charge is 0.303 e. The molecular formula is C14H25NO4. The fourth-order valence-electron chi connectivity index (χ4n) is 3.02. The molecule has 110 valence electrons. The molecule has 1 fully saturated rings. The van der Waals surface area contributed by atoms with Gasteiger partial charge in [0.25, 0.3) is 0 Å². The Balaban J connectivity index is 2.60. The molecule has 0 unspecified atom stereocenters. The molecule has 1 saturated carbocycles. The second-order valence-corrected chi connectivity index (χ2v) is 6.32. The Labute approximate surface area is 114 Å². The highest BCUT2D eigenvalue weighted by atomic mass is 16.5. The number of hydrogen-bond acceptors (Lipinski definition) is 3. The van der Waals surface area contributed by atoms with Gasteiger partial charge in [-0.15, -0.1) is 0 Å². The molecule has 0 radical (unpaired) electrons. The van der Waals surface area contributed by atoms with Crippen molar-refractivity contribution in [2.75, 3.05) is 13.7 Å². The molecule has 0 spiro atoms. The van der Waals surface area contributed by atoms with E-state index in [1.165, 1.54) is 0 Å². The first-order chi connectivity index (χ1) is 8.79. The van der Waals surface area contributed by atoms with Crippen LogP contribution in [-0.4, -0.2) is 36.2 Å². The molecule has 5 heteroatoms. The molecule has 1 aliphatic carbocycles. The lowest BCUT2D eigenvalue weighted by Gasteiger charge is -2.30. The van der Waals surface area contributed by atoms with E-state index >= 15 is 0 Å². The Morgan fingerprint density at radius 2 is 1.84 bits per heavy atom. The molecule has 2 N–H and O–H groups in total. The Kier molecular flexibility index (Phi) is 5.35. The van der Waals surface area contributed by atoms with Crippen LogP contribution in [0.1, 0.15) is 52.4 Å². The highest BCUT2D eigenvalue weighted by Crippen LogP contribution is 2.44. The third-order valence-corrected chi connectivity index (χ3v) is 3.71. The molecule has 5 nitrogen and oxygen atoms in total. The van der Waals surface area contributed by atoms with Crippen LogP contribution in [0.5, 0.6) is 0 Å². The molecule has 0 aromatic carbocycles. The minimum absolute atomic E-state index is 0.0785. The largest absolute Gasteiger partial charge is 0.481 e. The summed E-state index contributed by atoms with van der Waals surface area (Å²) in [6.07, 6.45) is 4.08. The van der Waals surface area contributed by atoms with Gasteiger partial charge in [-0.2, -0.15) is 0 Å². The van der Waals surface area contributed by atoms with Crippen molar-refractivity contribution in [3.63, 3.8) is 0 Å².